The van der Waals surface area contributed by atoms with Crippen LogP contribution < -0.4 is 15.8 Å². The second kappa shape index (κ2) is 10.6. The Balaban J connectivity index is 1.53. The summed E-state index contributed by atoms with van der Waals surface area (Å²) in [6.07, 6.45) is 1.58. The highest BCUT2D eigenvalue weighted by Gasteiger charge is 2.37. The van der Waals surface area contributed by atoms with Crippen molar-refractivity contribution >= 4 is 29.4 Å². The third kappa shape index (κ3) is 5.32. The van der Waals surface area contributed by atoms with E-state index in [4.69, 9.17) is 4.74 Å². The van der Waals surface area contributed by atoms with E-state index in [0.717, 1.165) is 29.7 Å². The first-order valence-corrected chi connectivity index (χ1v) is 10.7. The number of ether oxygens (including phenoxy) is 1. The van der Waals surface area contributed by atoms with Gasteiger partial charge in [0.15, 0.2) is 6.61 Å². The van der Waals surface area contributed by atoms with Gasteiger partial charge in [-0.3, -0.25) is 30.0 Å². The predicted octanol–water partition coefficient (Wildman–Crippen LogP) is 2.17. The van der Waals surface area contributed by atoms with Crippen molar-refractivity contribution in [2.75, 3.05) is 18.1 Å². The smallest absolute Gasteiger partial charge is 0.311 e. The van der Waals surface area contributed by atoms with Crippen LogP contribution in [0.2, 0.25) is 0 Å². The molecular formula is C24H27N3O5. The standard InChI is InChI=1S/C24H27N3O5/c1-3-16-11-8-12-17(4-2)22(16)27-14-19(13-21(27)29)24(31)32-15-20(28)25-26-23(30)18-9-6-5-7-10-18/h5-12,19H,3-4,13-15H2,1-2H3,(H,25,28)(H,26,30)/t19-/m1/s1. The summed E-state index contributed by atoms with van der Waals surface area (Å²) in [5, 5.41) is 0. The highest BCUT2D eigenvalue weighted by Crippen LogP contribution is 2.32. The number of nitrogens with zero attached hydrogens (tertiary/aromatic N) is 1. The first-order valence-electron chi connectivity index (χ1n) is 10.7. The molecule has 0 bridgehead atoms. The van der Waals surface area contributed by atoms with Crippen molar-refractivity contribution in [3.63, 3.8) is 0 Å². The molecule has 1 aliphatic heterocycles. The maximum atomic E-state index is 12.7. The molecule has 1 atom stereocenters. The monoisotopic (exact) mass is 437 g/mol. The van der Waals surface area contributed by atoms with E-state index >= 15 is 0 Å². The third-order valence-electron chi connectivity index (χ3n) is 5.39. The first-order chi connectivity index (χ1) is 15.4. The van der Waals surface area contributed by atoms with Gasteiger partial charge in [-0.15, -0.1) is 0 Å². The molecule has 1 saturated heterocycles. The number of benzene rings is 2. The van der Waals surface area contributed by atoms with Crippen LogP contribution in [0.5, 0.6) is 0 Å². The van der Waals surface area contributed by atoms with Gasteiger partial charge < -0.3 is 9.64 Å². The summed E-state index contributed by atoms with van der Waals surface area (Å²) in [5.41, 5.74) is 7.84. The average molecular weight is 437 g/mol. The molecule has 8 heteroatoms. The molecule has 1 heterocycles. The van der Waals surface area contributed by atoms with Gasteiger partial charge in [-0.05, 0) is 36.1 Å². The number of aryl methyl sites for hydroxylation is 2. The van der Waals surface area contributed by atoms with Crippen LogP contribution in [-0.2, 0) is 32.0 Å². The Labute approximate surface area is 186 Å². The summed E-state index contributed by atoms with van der Waals surface area (Å²) in [4.78, 5) is 50.7. The first kappa shape index (κ1) is 23.0. The summed E-state index contributed by atoms with van der Waals surface area (Å²) < 4.78 is 5.09. The topological polar surface area (TPSA) is 105 Å². The minimum absolute atomic E-state index is 0.0341. The molecule has 1 aliphatic rings. The Hall–Kier alpha value is -3.68. The van der Waals surface area contributed by atoms with Gasteiger partial charge in [0, 0.05) is 24.2 Å². The van der Waals surface area contributed by atoms with E-state index in [0.29, 0.717) is 5.56 Å². The summed E-state index contributed by atoms with van der Waals surface area (Å²) in [6.45, 7) is 3.72. The normalized spacial score (nSPS) is 15.4. The molecule has 8 nitrogen and oxygen atoms in total. The molecule has 0 spiro atoms. The number of rotatable bonds is 7. The fourth-order valence-corrected chi connectivity index (χ4v) is 3.72. The van der Waals surface area contributed by atoms with Gasteiger partial charge in [0.25, 0.3) is 11.8 Å². The van der Waals surface area contributed by atoms with Gasteiger partial charge in [-0.2, -0.15) is 0 Å². The number of hydrogen-bond acceptors (Lipinski definition) is 5. The Morgan fingerprint density at radius 2 is 1.62 bits per heavy atom. The molecule has 0 radical (unpaired) electrons. The summed E-state index contributed by atoms with van der Waals surface area (Å²) >= 11 is 0. The van der Waals surface area contributed by atoms with E-state index in [9.17, 15) is 19.2 Å². The number of carbonyl (C=O) groups is 4. The molecule has 32 heavy (non-hydrogen) atoms. The fraction of sp³-hybridized carbons (Fsp3) is 0.333. The number of nitrogens with one attached hydrogen (secondary N) is 2. The van der Waals surface area contributed by atoms with Crippen LogP contribution >= 0.6 is 0 Å². The molecule has 0 aliphatic carbocycles. The Kier molecular flexibility index (Phi) is 7.59. The minimum atomic E-state index is -0.673. The van der Waals surface area contributed by atoms with Crippen LogP contribution in [-0.4, -0.2) is 36.8 Å². The molecule has 2 aromatic carbocycles. The number of amides is 3. The minimum Gasteiger partial charge on any atom is -0.455 e. The predicted molar refractivity (Wildman–Crippen MR) is 119 cm³/mol. The van der Waals surface area contributed by atoms with E-state index in [1.165, 1.54) is 0 Å². The van der Waals surface area contributed by atoms with Gasteiger partial charge in [0.2, 0.25) is 5.91 Å². The molecule has 1 fully saturated rings. The van der Waals surface area contributed by atoms with E-state index in [-0.39, 0.29) is 18.9 Å². The van der Waals surface area contributed by atoms with Crippen molar-refractivity contribution in [2.45, 2.75) is 33.1 Å². The van der Waals surface area contributed by atoms with Crippen molar-refractivity contribution in [1.82, 2.24) is 10.9 Å². The summed E-state index contributed by atoms with van der Waals surface area (Å²) in [6, 6.07) is 14.3. The average Bonchev–Trinajstić information content (AvgIpc) is 3.21. The lowest BCUT2D eigenvalue weighted by atomic mass is 10.0. The van der Waals surface area contributed by atoms with Crippen molar-refractivity contribution in [2.24, 2.45) is 5.92 Å². The fourth-order valence-electron chi connectivity index (χ4n) is 3.72. The van der Waals surface area contributed by atoms with Gasteiger partial charge in [0.05, 0.1) is 5.92 Å². The molecular weight excluding hydrogens is 410 g/mol. The van der Waals surface area contributed by atoms with E-state index < -0.39 is 30.3 Å². The maximum Gasteiger partial charge on any atom is 0.311 e. The number of carbonyl (C=O) groups excluding carboxylic acids is 4. The molecule has 0 aromatic heterocycles. The molecule has 3 amide bonds. The lowest BCUT2D eigenvalue weighted by Crippen LogP contribution is -2.43. The summed E-state index contributed by atoms with van der Waals surface area (Å²) in [7, 11) is 0. The van der Waals surface area contributed by atoms with Gasteiger partial charge in [-0.25, -0.2) is 0 Å². The number of para-hydroxylation sites is 1. The van der Waals surface area contributed by atoms with Crippen LogP contribution in [0.25, 0.3) is 0 Å². The molecule has 2 N–H and O–H groups in total. The Morgan fingerprint density at radius 3 is 2.25 bits per heavy atom. The van der Waals surface area contributed by atoms with Crippen LogP contribution in [0.15, 0.2) is 48.5 Å². The van der Waals surface area contributed by atoms with Crippen LogP contribution in [0, 0.1) is 5.92 Å². The zero-order valence-corrected chi connectivity index (χ0v) is 18.2. The van der Waals surface area contributed by atoms with E-state index in [2.05, 4.69) is 10.9 Å². The van der Waals surface area contributed by atoms with Crippen molar-refractivity contribution in [1.29, 1.82) is 0 Å². The second-order valence-electron chi connectivity index (χ2n) is 7.51. The molecule has 2 aromatic rings. The van der Waals surface area contributed by atoms with Gasteiger partial charge in [-0.1, -0.05) is 50.2 Å². The number of esters is 1. The quantitative estimate of drug-likeness (QED) is 0.510. The molecule has 0 saturated carbocycles. The molecule has 168 valence electrons. The van der Waals surface area contributed by atoms with Crippen molar-refractivity contribution < 1.29 is 23.9 Å². The lowest BCUT2D eigenvalue weighted by Gasteiger charge is -2.23. The molecule has 0 unspecified atom stereocenters. The third-order valence-corrected chi connectivity index (χ3v) is 5.39. The number of anilines is 1. The highest BCUT2D eigenvalue weighted by molar-refractivity contribution is 6.01. The zero-order valence-electron chi connectivity index (χ0n) is 18.2. The Bertz CT molecular complexity index is 984. The largest absolute Gasteiger partial charge is 0.455 e. The number of hydrogen-bond donors (Lipinski definition) is 2. The second-order valence-corrected chi connectivity index (χ2v) is 7.51. The number of hydrazine groups is 1. The van der Waals surface area contributed by atoms with Gasteiger partial charge >= 0.3 is 5.97 Å². The van der Waals surface area contributed by atoms with Crippen LogP contribution in [0.1, 0.15) is 41.8 Å². The Morgan fingerprint density at radius 1 is 0.969 bits per heavy atom. The zero-order chi connectivity index (χ0) is 23.1. The van der Waals surface area contributed by atoms with Crippen molar-refractivity contribution in [3.8, 4) is 0 Å². The summed E-state index contributed by atoms with van der Waals surface area (Å²) in [5.74, 6) is -2.56. The van der Waals surface area contributed by atoms with E-state index in [1.54, 1.807) is 35.2 Å². The maximum absolute atomic E-state index is 12.7. The van der Waals surface area contributed by atoms with Gasteiger partial charge in [0.1, 0.15) is 0 Å². The lowest BCUT2D eigenvalue weighted by molar-refractivity contribution is -0.152. The van der Waals surface area contributed by atoms with Crippen LogP contribution in [0.3, 0.4) is 0 Å². The SMILES string of the molecule is CCc1cccc(CC)c1N1C[C@H](C(=O)OCC(=O)NNC(=O)c2ccccc2)CC1=O. The molecule has 3 rings (SSSR count). The van der Waals surface area contributed by atoms with Crippen molar-refractivity contribution in [3.05, 3.63) is 65.2 Å². The highest BCUT2D eigenvalue weighted by atomic mass is 16.5. The van der Waals surface area contributed by atoms with E-state index in [1.807, 2.05) is 32.0 Å². The van der Waals surface area contributed by atoms with Crippen LogP contribution in [0.4, 0.5) is 5.69 Å².